The van der Waals surface area contributed by atoms with Crippen LogP contribution >= 0.6 is 0 Å². The smallest absolute Gasteiger partial charge is 0.127 e. The van der Waals surface area contributed by atoms with E-state index in [2.05, 4.69) is 97.1 Å². The summed E-state index contributed by atoms with van der Waals surface area (Å²) in [6.07, 6.45) is 0. The summed E-state index contributed by atoms with van der Waals surface area (Å²) in [5.74, 6) is 1.73. The quantitative estimate of drug-likeness (QED) is 0.243. The van der Waals surface area contributed by atoms with Crippen molar-refractivity contribution in [2.45, 2.75) is 13.2 Å². The van der Waals surface area contributed by atoms with Crippen LogP contribution < -0.4 is 9.47 Å². The van der Waals surface area contributed by atoms with Gasteiger partial charge in [0.2, 0.25) is 0 Å². The van der Waals surface area contributed by atoms with Gasteiger partial charge in [-0.2, -0.15) is 0 Å². The van der Waals surface area contributed by atoms with Gasteiger partial charge < -0.3 is 9.47 Å². The van der Waals surface area contributed by atoms with Gasteiger partial charge in [-0.3, -0.25) is 0 Å². The Balaban J connectivity index is 1.36. The van der Waals surface area contributed by atoms with Crippen molar-refractivity contribution in [3.8, 4) is 11.5 Å². The predicted molar refractivity (Wildman–Crippen MR) is 141 cm³/mol. The lowest BCUT2D eigenvalue weighted by Gasteiger charge is -2.16. The zero-order valence-electron chi connectivity index (χ0n) is 18.8. The van der Waals surface area contributed by atoms with Crippen LogP contribution in [0.25, 0.3) is 32.3 Å². The van der Waals surface area contributed by atoms with Crippen LogP contribution in [0, 0.1) is 0 Å². The van der Waals surface area contributed by atoms with E-state index >= 15 is 0 Å². The Bertz CT molecular complexity index is 1600. The summed E-state index contributed by atoms with van der Waals surface area (Å²) < 4.78 is 12.8. The van der Waals surface area contributed by atoms with E-state index in [0.717, 1.165) is 33.4 Å². The molecule has 2 nitrogen and oxygen atoms in total. The Morgan fingerprint density at radius 3 is 1.94 bits per heavy atom. The monoisotopic (exact) mass is 440 g/mol. The van der Waals surface area contributed by atoms with Crippen molar-refractivity contribution in [1.29, 1.82) is 0 Å². The summed E-state index contributed by atoms with van der Waals surface area (Å²) in [5.41, 5.74) is 2.20. The molecule has 0 bridgehead atoms. The number of hydrogen-bond acceptors (Lipinski definition) is 2. The molecule has 2 heteroatoms. The highest BCUT2D eigenvalue weighted by Crippen LogP contribution is 2.33. The first kappa shape index (κ1) is 20.3. The van der Waals surface area contributed by atoms with E-state index in [1.807, 2.05) is 24.3 Å². The highest BCUT2D eigenvalue weighted by molar-refractivity contribution is 6.00. The summed E-state index contributed by atoms with van der Waals surface area (Å²) in [6, 6.07) is 42.0. The molecule has 0 saturated carbocycles. The maximum atomic E-state index is 6.48. The topological polar surface area (TPSA) is 18.5 Å². The molecule has 0 aliphatic rings. The molecular weight excluding hydrogens is 416 g/mol. The molecule has 164 valence electrons. The molecule has 0 aromatic heterocycles. The van der Waals surface area contributed by atoms with E-state index in [-0.39, 0.29) is 0 Å². The molecule has 0 spiro atoms. The second-order valence-electron chi connectivity index (χ2n) is 8.50. The molecule has 6 rings (SSSR count). The van der Waals surface area contributed by atoms with Crippen molar-refractivity contribution in [2.24, 2.45) is 0 Å². The summed E-state index contributed by atoms with van der Waals surface area (Å²) in [7, 11) is 0. The highest BCUT2D eigenvalue weighted by Gasteiger charge is 2.12. The van der Waals surface area contributed by atoms with Gasteiger partial charge in [0.1, 0.15) is 24.7 Å². The molecule has 0 aliphatic carbocycles. The van der Waals surface area contributed by atoms with Crippen LogP contribution in [-0.4, -0.2) is 0 Å². The predicted octanol–water partition coefficient (Wildman–Crippen LogP) is 8.30. The summed E-state index contributed by atoms with van der Waals surface area (Å²) in [4.78, 5) is 0. The third-order valence-corrected chi connectivity index (χ3v) is 6.31. The highest BCUT2D eigenvalue weighted by atomic mass is 16.5. The van der Waals surface area contributed by atoms with Crippen LogP contribution in [0.15, 0.2) is 121 Å². The van der Waals surface area contributed by atoms with Gasteiger partial charge in [-0.1, -0.05) is 97.1 Å². The summed E-state index contributed by atoms with van der Waals surface area (Å²) in [6.45, 7) is 0.948. The summed E-state index contributed by atoms with van der Waals surface area (Å²) >= 11 is 0. The fourth-order valence-corrected chi connectivity index (χ4v) is 4.55. The van der Waals surface area contributed by atoms with Crippen LogP contribution in [0.2, 0.25) is 0 Å². The maximum absolute atomic E-state index is 6.48. The molecule has 0 unspecified atom stereocenters. The minimum atomic E-state index is 0.428. The van der Waals surface area contributed by atoms with Crippen molar-refractivity contribution < 1.29 is 9.47 Å². The van der Waals surface area contributed by atoms with E-state index in [9.17, 15) is 0 Å². The molecule has 0 fully saturated rings. The number of fused-ring (bicyclic) bond motifs is 3. The van der Waals surface area contributed by atoms with Crippen LogP contribution in [0.4, 0.5) is 0 Å². The first-order valence-corrected chi connectivity index (χ1v) is 11.6. The van der Waals surface area contributed by atoms with Crippen molar-refractivity contribution in [3.05, 3.63) is 132 Å². The van der Waals surface area contributed by atoms with Gasteiger partial charge in [0, 0.05) is 10.9 Å². The van der Waals surface area contributed by atoms with Crippen LogP contribution in [0.5, 0.6) is 11.5 Å². The standard InChI is InChI=1S/C32H24O2/c1-2-9-23(10-3-1)21-33-32-18-17-24-11-6-7-15-28(24)30(32)22-34-31-16-8-14-27-19-25-12-4-5-13-26(25)20-29(27)31/h1-20H,21-22H2. The molecular formula is C32H24O2. The molecule has 0 amide bonds. The Morgan fingerprint density at radius 1 is 0.412 bits per heavy atom. The molecule has 0 aliphatic heterocycles. The van der Waals surface area contributed by atoms with Crippen molar-refractivity contribution in [3.63, 3.8) is 0 Å². The maximum Gasteiger partial charge on any atom is 0.127 e. The van der Waals surface area contributed by atoms with Crippen molar-refractivity contribution >= 4 is 32.3 Å². The fraction of sp³-hybridized carbons (Fsp3) is 0.0625. The average molecular weight is 441 g/mol. The van der Waals surface area contributed by atoms with Gasteiger partial charge in [-0.15, -0.1) is 0 Å². The zero-order chi connectivity index (χ0) is 22.7. The lowest BCUT2D eigenvalue weighted by Crippen LogP contribution is -2.03. The third-order valence-electron chi connectivity index (χ3n) is 6.31. The second-order valence-corrected chi connectivity index (χ2v) is 8.50. The van der Waals surface area contributed by atoms with Crippen LogP contribution in [0.1, 0.15) is 11.1 Å². The first-order valence-electron chi connectivity index (χ1n) is 11.6. The number of benzene rings is 6. The zero-order valence-corrected chi connectivity index (χ0v) is 18.8. The number of ether oxygens (including phenoxy) is 2. The molecule has 0 heterocycles. The second kappa shape index (κ2) is 8.92. The molecule has 0 radical (unpaired) electrons. The van der Waals surface area contributed by atoms with Gasteiger partial charge in [-0.05, 0) is 56.8 Å². The van der Waals surface area contributed by atoms with E-state index in [0.29, 0.717) is 13.2 Å². The minimum absolute atomic E-state index is 0.428. The Hall–Kier alpha value is -4.30. The van der Waals surface area contributed by atoms with E-state index in [1.54, 1.807) is 0 Å². The van der Waals surface area contributed by atoms with E-state index in [1.165, 1.54) is 21.5 Å². The van der Waals surface area contributed by atoms with E-state index < -0.39 is 0 Å². The van der Waals surface area contributed by atoms with Crippen molar-refractivity contribution in [2.75, 3.05) is 0 Å². The lowest BCUT2D eigenvalue weighted by molar-refractivity contribution is 0.277. The molecule has 6 aromatic rings. The Morgan fingerprint density at radius 2 is 1.09 bits per heavy atom. The molecule has 6 aromatic carbocycles. The van der Waals surface area contributed by atoms with Gasteiger partial charge in [0.05, 0.1) is 0 Å². The van der Waals surface area contributed by atoms with E-state index in [4.69, 9.17) is 9.47 Å². The largest absolute Gasteiger partial charge is 0.488 e. The molecule has 0 atom stereocenters. The number of hydrogen-bond donors (Lipinski definition) is 0. The van der Waals surface area contributed by atoms with Gasteiger partial charge in [0.15, 0.2) is 0 Å². The first-order chi connectivity index (χ1) is 16.8. The van der Waals surface area contributed by atoms with Gasteiger partial charge in [0.25, 0.3) is 0 Å². The normalized spacial score (nSPS) is 11.2. The van der Waals surface area contributed by atoms with Gasteiger partial charge >= 0.3 is 0 Å². The molecule has 0 N–H and O–H groups in total. The minimum Gasteiger partial charge on any atom is -0.488 e. The summed E-state index contributed by atoms with van der Waals surface area (Å²) in [5, 5.41) is 7.07. The Kier molecular flexibility index (Phi) is 5.33. The van der Waals surface area contributed by atoms with Crippen LogP contribution in [-0.2, 0) is 13.2 Å². The van der Waals surface area contributed by atoms with Crippen molar-refractivity contribution in [1.82, 2.24) is 0 Å². The lowest BCUT2D eigenvalue weighted by atomic mass is 10.0. The van der Waals surface area contributed by atoms with Gasteiger partial charge in [-0.25, -0.2) is 0 Å². The number of rotatable bonds is 6. The van der Waals surface area contributed by atoms with Crippen LogP contribution in [0.3, 0.4) is 0 Å². The third kappa shape index (κ3) is 3.95. The SMILES string of the molecule is c1ccc(COc2ccc3ccccc3c2COc2cccc3cc4ccccc4cc23)cc1. The Labute approximate surface area is 199 Å². The molecule has 0 saturated heterocycles. The molecule has 34 heavy (non-hydrogen) atoms. The fourth-order valence-electron chi connectivity index (χ4n) is 4.55. The average Bonchev–Trinajstić information content (AvgIpc) is 2.90.